The number of amides is 1. The maximum absolute atomic E-state index is 13.6. The Hall–Kier alpha value is -2.62. The lowest BCUT2D eigenvalue weighted by Gasteiger charge is -2.35. The second-order valence-corrected chi connectivity index (χ2v) is 13.2. The van der Waals surface area contributed by atoms with Crippen LogP contribution < -0.4 is 19.8 Å². The lowest BCUT2D eigenvalue weighted by atomic mass is 9.93. The van der Waals surface area contributed by atoms with E-state index >= 15 is 0 Å². The van der Waals surface area contributed by atoms with E-state index in [1.54, 1.807) is 24.2 Å². The van der Waals surface area contributed by atoms with Gasteiger partial charge in [0.05, 0.1) is 11.3 Å². The van der Waals surface area contributed by atoms with Crippen LogP contribution in [-0.2, 0) is 0 Å². The normalized spacial score (nSPS) is 20.6. The molecule has 2 N–H and O–H groups in total. The molecule has 0 unspecified atom stereocenters. The highest BCUT2D eigenvalue weighted by atomic mass is 32.2. The first kappa shape index (κ1) is 26.0. The van der Waals surface area contributed by atoms with Gasteiger partial charge in [-0.05, 0) is 88.1 Å². The highest BCUT2D eigenvalue weighted by molar-refractivity contribution is 8.01. The van der Waals surface area contributed by atoms with Crippen LogP contribution in [0, 0.1) is 5.41 Å². The van der Waals surface area contributed by atoms with Crippen molar-refractivity contribution in [2.75, 3.05) is 46.0 Å². The molecule has 1 aromatic carbocycles. The van der Waals surface area contributed by atoms with Gasteiger partial charge in [0.1, 0.15) is 5.82 Å². The number of piperidine rings is 2. The topological polar surface area (TPSA) is 73.4 Å². The van der Waals surface area contributed by atoms with E-state index < -0.39 is 5.92 Å². The average molecular weight is 531 g/mol. The Labute approximate surface area is 221 Å². The van der Waals surface area contributed by atoms with Crippen molar-refractivity contribution in [2.45, 2.75) is 70.0 Å². The molecule has 200 valence electrons. The fourth-order valence-corrected chi connectivity index (χ4v) is 5.53. The minimum atomic E-state index is -2.63. The van der Waals surface area contributed by atoms with Crippen molar-refractivity contribution in [3.63, 3.8) is 0 Å². The van der Waals surface area contributed by atoms with E-state index in [2.05, 4.69) is 51.7 Å². The number of anilines is 4. The predicted octanol–water partition coefficient (Wildman–Crippen LogP) is 6.20. The van der Waals surface area contributed by atoms with E-state index in [0.717, 1.165) is 37.3 Å². The zero-order valence-electron chi connectivity index (χ0n) is 21.8. The van der Waals surface area contributed by atoms with Crippen LogP contribution in [0.3, 0.4) is 0 Å². The largest absolute Gasteiger partial charge is 0.371 e. The molecule has 2 aromatic rings. The molecule has 0 radical (unpaired) electrons. The number of rotatable bonds is 6. The van der Waals surface area contributed by atoms with E-state index in [1.165, 1.54) is 12.8 Å². The van der Waals surface area contributed by atoms with Crippen LogP contribution in [0.4, 0.5) is 31.9 Å². The Balaban J connectivity index is 1.34. The highest BCUT2D eigenvalue weighted by Gasteiger charge is 2.44. The van der Waals surface area contributed by atoms with Gasteiger partial charge in [0.15, 0.2) is 0 Å². The minimum absolute atomic E-state index is 0.0479. The summed E-state index contributed by atoms with van der Waals surface area (Å²) in [7, 11) is 0. The maximum Gasteiger partial charge on any atom is 0.260 e. The molecule has 3 fully saturated rings. The zero-order valence-corrected chi connectivity index (χ0v) is 22.6. The maximum atomic E-state index is 13.6. The molecular weight excluding hydrogens is 494 g/mol. The summed E-state index contributed by atoms with van der Waals surface area (Å²) in [5.74, 6) is -2.19. The molecule has 1 amide bonds. The van der Waals surface area contributed by atoms with Gasteiger partial charge in [-0.2, -0.15) is 4.98 Å². The molecule has 0 atom stereocenters. The van der Waals surface area contributed by atoms with Crippen LogP contribution in [0.25, 0.3) is 0 Å². The van der Waals surface area contributed by atoms with Gasteiger partial charge in [-0.15, -0.1) is 0 Å². The Morgan fingerprint density at radius 1 is 0.973 bits per heavy atom. The zero-order chi connectivity index (χ0) is 26.3. The number of aromatic nitrogens is 2. The first-order valence-corrected chi connectivity index (χ1v) is 13.9. The summed E-state index contributed by atoms with van der Waals surface area (Å²) in [5.41, 5.74) is 2.97. The van der Waals surface area contributed by atoms with Gasteiger partial charge in [0, 0.05) is 55.7 Å². The highest BCUT2D eigenvalue weighted by Crippen LogP contribution is 2.54. The average Bonchev–Trinajstić information content (AvgIpc) is 3.61. The standard InChI is InChI=1S/C27H36F2N6OS/c1-25(2,3)37-33-19-4-5-20(21(18-19)34-14-9-26(7-8-26)10-15-34)23(36)32-24-30-13-6-22(31-24)35-16-11-27(28,29)12-17-35/h4-6,13,18,33H,7-12,14-17H2,1-3H3,(H,30,31,32,36). The SMILES string of the molecule is CC(C)(C)SNc1ccc(C(=O)Nc2nccc(N3CCC(F)(F)CC3)n2)c(N2CCC3(CC2)CC3)c1. The fraction of sp³-hybridized carbons (Fsp3) is 0.593. The van der Waals surface area contributed by atoms with Crippen LogP contribution in [0.1, 0.15) is 69.7 Å². The van der Waals surface area contributed by atoms with Gasteiger partial charge >= 0.3 is 0 Å². The summed E-state index contributed by atoms with van der Waals surface area (Å²) < 4.78 is 30.6. The number of carbonyl (C=O) groups is 1. The minimum Gasteiger partial charge on any atom is -0.371 e. The quantitative estimate of drug-likeness (QED) is 0.431. The Kier molecular flexibility index (Phi) is 6.98. The molecule has 3 heterocycles. The third-order valence-corrected chi connectivity index (χ3v) is 8.47. The van der Waals surface area contributed by atoms with Crippen molar-refractivity contribution >= 4 is 41.0 Å². The van der Waals surface area contributed by atoms with Crippen molar-refractivity contribution in [1.82, 2.24) is 9.97 Å². The molecule has 5 rings (SSSR count). The molecule has 0 bridgehead atoms. The van der Waals surface area contributed by atoms with Crippen LogP contribution in [0.15, 0.2) is 30.5 Å². The number of nitrogens with one attached hydrogen (secondary N) is 2. The van der Waals surface area contributed by atoms with Crippen molar-refractivity contribution < 1.29 is 13.6 Å². The molecule has 2 saturated heterocycles. The number of hydrogen-bond acceptors (Lipinski definition) is 7. The molecule has 10 heteroatoms. The van der Waals surface area contributed by atoms with Crippen molar-refractivity contribution in [1.29, 1.82) is 0 Å². The monoisotopic (exact) mass is 530 g/mol. The summed E-state index contributed by atoms with van der Waals surface area (Å²) in [5, 5.41) is 2.85. The van der Waals surface area contributed by atoms with Gasteiger partial charge in [0.2, 0.25) is 5.95 Å². The molecule has 3 aliphatic rings. The lowest BCUT2D eigenvalue weighted by Crippen LogP contribution is -2.39. The van der Waals surface area contributed by atoms with E-state index in [-0.39, 0.29) is 42.5 Å². The van der Waals surface area contributed by atoms with Crippen LogP contribution >= 0.6 is 11.9 Å². The smallest absolute Gasteiger partial charge is 0.260 e. The molecule has 2 aliphatic heterocycles. The third-order valence-electron chi connectivity index (χ3n) is 7.52. The van der Waals surface area contributed by atoms with Crippen LogP contribution in [0.2, 0.25) is 0 Å². The molecule has 1 saturated carbocycles. The third kappa shape index (κ3) is 6.45. The van der Waals surface area contributed by atoms with Crippen LogP contribution in [-0.4, -0.2) is 52.7 Å². The van der Waals surface area contributed by atoms with E-state index in [1.807, 2.05) is 17.0 Å². The van der Waals surface area contributed by atoms with E-state index in [0.29, 0.717) is 16.8 Å². The molecule has 1 aliphatic carbocycles. The lowest BCUT2D eigenvalue weighted by molar-refractivity contribution is -0.0221. The summed E-state index contributed by atoms with van der Waals surface area (Å²) in [4.78, 5) is 26.3. The second-order valence-electron chi connectivity index (χ2n) is 11.6. The number of alkyl halides is 2. The molecule has 37 heavy (non-hydrogen) atoms. The van der Waals surface area contributed by atoms with Gasteiger partial charge in [-0.1, -0.05) is 0 Å². The van der Waals surface area contributed by atoms with Gasteiger partial charge in [0.25, 0.3) is 11.8 Å². The number of benzene rings is 1. The molecule has 7 nitrogen and oxygen atoms in total. The second kappa shape index (κ2) is 9.93. The molecule has 1 aromatic heterocycles. The number of carbonyl (C=O) groups excluding carboxylic acids is 1. The van der Waals surface area contributed by atoms with E-state index in [9.17, 15) is 13.6 Å². The van der Waals surface area contributed by atoms with E-state index in [4.69, 9.17) is 0 Å². The van der Waals surface area contributed by atoms with Crippen molar-refractivity contribution in [2.24, 2.45) is 5.41 Å². The first-order valence-electron chi connectivity index (χ1n) is 13.1. The number of nitrogens with zero attached hydrogens (tertiary/aromatic N) is 4. The van der Waals surface area contributed by atoms with Gasteiger partial charge < -0.3 is 14.5 Å². The Morgan fingerprint density at radius 3 is 2.30 bits per heavy atom. The number of halogens is 2. The molecule has 1 spiro atoms. The first-order chi connectivity index (χ1) is 17.5. The van der Waals surface area contributed by atoms with Crippen LogP contribution in [0.5, 0.6) is 0 Å². The van der Waals surface area contributed by atoms with Crippen molar-refractivity contribution in [3.05, 3.63) is 36.0 Å². The van der Waals surface area contributed by atoms with Gasteiger partial charge in [-0.3, -0.25) is 10.1 Å². The predicted molar refractivity (Wildman–Crippen MR) is 147 cm³/mol. The summed E-state index contributed by atoms with van der Waals surface area (Å²) >= 11 is 1.64. The summed E-state index contributed by atoms with van der Waals surface area (Å²) in [6, 6.07) is 7.53. The Morgan fingerprint density at radius 2 is 1.65 bits per heavy atom. The van der Waals surface area contributed by atoms with Crippen molar-refractivity contribution in [3.8, 4) is 0 Å². The molecular formula is C27H36F2N6OS. The van der Waals surface area contributed by atoms with Gasteiger partial charge in [-0.25, -0.2) is 13.8 Å². The fourth-order valence-electron chi connectivity index (χ4n) is 4.98. The summed E-state index contributed by atoms with van der Waals surface area (Å²) in [6.45, 7) is 8.76. The number of hydrogen-bond donors (Lipinski definition) is 2. The summed E-state index contributed by atoms with van der Waals surface area (Å²) in [6.07, 6.45) is 6.11. The Bertz CT molecular complexity index is 1130.